The first kappa shape index (κ1) is 8.61. The lowest BCUT2D eigenvalue weighted by Crippen LogP contribution is -1.96. The van der Waals surface area contributed by atoms with Gasteiger partial charge in [-0.05, 0) is 31.0 Å². The minimum absolute atomic E-state index is 0.0619. The van der Waals surface area contributed by atoms with Crippen molar-refractivity contribution in [2.24, 2.45) is 5.92 Å². The quantitative estimate of drug-likeness (QED) is 0.672. The van der Waals surface area contributed by atoms with Crippen LogP contribution in [0.2, 0.25) is 0 Å². The van der Waals surface area contributed by atoms with E-state index in [1.165, 1.54) is 0 Å². The van der Waals surface area contributed by atoms with Gasteiger partial charge in [0.1, 0.15) is 0 Å². The van der Waals surface area contributed by atoms with Crippen LogP contribution < -0.4 is 5.73 Å². The van der Waals surface area contributed by atoms with Gasteiger partial charge in [-0.1, -0.05) is 12.1 Å². The predicted octanol–water partition coefficient (Wildman–Crippen LogP) is 1.97. The largest absolute Gasteiger partial charge is 0.399 e. The number of anilines is 1. The standard InChI is InChI=1S/C10H12N2/c1-8(7-11)5-9-3-2-4-10(12)6-9/h2-4,6,8H,5,12H2,1H3. The smallest absolute Gasteiger partial charge is 0.0656 e. The number of rotatable bonds is 2. The van der Waals surface area contributed by atoms with Crippen molar-refractivity contribution >= 4 is 5.69 Å². The van der Waals surface area contributed by atoms with E-state index in [1.54, 1.807) is 0 Å². The van der Waals surface area contributed by atoms with Gasteiger partial charge in [-0.3, -0.25) is 0 Å². The van der Waals surface area contributed by atoms with E-state index in [0.29, 0.717) is 0 Å². The zero-order chi connectivity index (χ0) is 8.97. The van der Waals surface area contributed by atoms with Crippen LogP contribution in [0, 0.1) is 17.2 Å². The van der Waals surface area contributed by atoms with Gasteiger partial charge >= 0.3 is 0 Å². The Labute approximate surface area is 72.6 Å². The molecule has 1 aromatic rings. The van der Waals surface area contributed by atoms with E-state index in [-0.39, 0.29) is 5.92 Å². The molecule has 2 heteroatoms. The summed E-state index contributed by atoms with van der Waals surface area (Å²) in [7, 11) is 0. The lowest BCUT2D eigenvalue weighted by atomic mass is 10.0. The van der Waals surface area contributed by atoms with Crippen molar-refractivity contribution < 1.29 is 0 Å². The van der Waals surface area contributed by atoms with E-state index in [2.05, 4.69) is 6.07 Å². The summed E-state index contributed by atoms with van der Waals surface area (Å²) in [6, 6.07) is 9.85. The van der Waals surface area contributed by atoms with Crippen LogP contribution >= 0.6 is 0 Å². The zero-order valence-corrected chi connectivity index (χ0v) is 7.12. The third-order valence-electron chi connectivity index (χ3n) is 1.71. The molecule has 12 heavy (non-hydrogen) atoms. The third kappa shape index (κ3) is 2.28. The van der Waals surface area contributed by atoms with Crippen LogP contribution in [0.1, 0.15) is 12.5 Å². The first-order valence-electron chi connectivity index (χ1n) is 3.96. The van der Waals surface area contributed by atoms with Crippen molar-refractivity contribution in [3.8, 4) is 6.07 Å². The average molecular weight is 160 g/mol. The molecule has 0 aliphatic carbocycles. The van der Waals surface area contributed by atoms with Crippen molar-refractivity contribution in [3.63, 3.8) is 0 Å². The Hall–Kier alpha value is -1.49. The number of nitrogens with two attached hydrogens (primary N) is 1. The molecule has 0 spiro atoms. The van der Waals surface area contributed by atoms with Gasteiger partial charge in [-0.25, -0.2) is 0 Å². The number of nitriles is 1. The number of hydrogen-bond acceptors (Lipinski definition) is 2. The second-order valence-electron chi connectivity index (χ2n) is 2.98. The molecule has 0 fully saturated rings. The second kappa shape index (κ2) is 3.77. The molecule has 0 amide bonds. The fraction of sp³-hybridized carbons (Fsp3) is 0.300. The highest BCUT2D eigenvalue weighted by Crippen LogP contribution is 2.11. The minimum Gasteiger partial charge on any atom is -0.399 e. The van der Waals surface area contributed by atoms with Gasteiger partial charge in [0.25, 0.3) is 0 Å². The van der Waals surface area contributed by atoms with Crippen LogP contribution in [-0.2, 0) is 6.42 Å². The summed E-state index contributed by atoms with van der Waals surface area (Å²) in [6.07, 6.45) is 0.779. The van der Waals surface area contributed by atoms with Gasteiger partial charge in [0, 0.05) is 11.6 Å². The molecular formula is C10H12N2. The Kier molecular flexibility index (Phi) is 2.71. The molecule has 0 saturated heterocycles. The predicted molar refractivity (Wildman–Crippen MR) is 49.3 cm³/mol. The first-order valence-corrected chi connectivity index (χ1v) is 3.96. The molecule has 2 N–H and O–H groups in total. The topological polar surface area (TPSA) is 49.8 Å². The summed E-state index contributed by atoms with van der Waals surface area (Å²) < 4.78 is 0. The molecule has 1 atom stereocenters. The van der Waals surface area contributed by atoms with Crippen molar-refractivity contribution in [3.05, 3.63) is 29.8 Å². The van der Waals surface area contributed by atoms with E-state index >= 15 is 0 Å². The van der Waals surface area contributed by atoms with E-state index in [1.807, 2.05) is 31.2 Å². The molecule has 1 rings (SSSR count). The maximum absolute atomic E-state index is 8.58. The molecule has 62 valence electrons. The normalized spacial score (nSPS) is 12.0. The summed E-state index contributed by atoms with van der Waals surface area (Å²) in [5.41, 5.74) is 7.48. The first-order chi connectivity index (χ1) is 5.72. The Morgan fingerprint density at radius 2 is 2.33 bits per heavy atom. The zero-order valence-electron chi connectivity index (χ0n) is 7.12. The van der Waals surface area contributed by atoms with Crippen molar-refractivity contribution in [1.29, 1.82) is 5.26 Å². The fourth-order valence-electron chi connectivity index (χ4n) is 1.12. The second-order valence-corrected chi connectivity index (χ2v) is 2.98. The van der Waals surface area contributed by atoms with Gasteiger partial charge in [-0.2, -0.15) is 5.26 Å². The number of nitrogen functional groups attached to an aromatic ring is 1. The molecule has 0 aromatic heterocycles. The van der Waals surface area contributed by atoms with Gasteiger partial charge in [0.2, 0.25) is 0 Å². The van der Waals surface area contributed by atoms with Crippen LogP contribution in [0.4, 0.5) is 5.69 Å². The van der Waals surface area contributed by atoms with E-state index in [0.717, 1.165) is 17.7 Å². The Bertz CT molecular complexity index is 299. The number of benzene rings is 1. The van der Waals surface area contributed by atoms with Gasteiger partial charge in [-0.15, -0.1) is 0 Å². The summed E-state index contributed by atoms with van der Waals surface area (Å²) in [5, 5.41) is 8.58. The molecule has 1 aromatic carbocycles. The molecule has 0 saturated carbocycles. The van der Waals surface area contributed by atoms with Gasteiger partial charge < -0.3 is 5.73 Å². The Morgan fingerprint density at radius 3 is 2.92 bits per heavy atom. The maximum atomic E-state index is 8.58. The molecule has 0 radical (unpaired) electrons. The monoisotopic (exact) mass is 160 g/mol. The molecule has 1 unspecified atom stereocenters. The highest BCUT2D eigenvalue weighted by molar-refractivity contribution is 5.40. The molecule has 0 aliphatic rings. The van der Waals surface area contributed by atoms with E-state index in [9.17, 15) is 0 Å². The fourth-order valence-corrected chi connectivity index (χ4v) is 1.12. The lowest BCUT2D eigenvalue weighted by molar-refractivity contribution is 0.739. The number of nitrogens with zero attached hydrogens (tertiary/aromatic N) is 1. The van der Waals surface area contributed by atoms with Crippen LogP contribution in [0.25, 0.3) is 0 Å². The summed E-state index contributed by atoms with van der Waals surface area (Å²) in [6.45, 7) is 1.91. The van der Waals surface area contributed by atoms with Crippen LogP contribution in [0.15, 0.2) is 24.3 Å². The third-order valence-corrected chi connectivity index (χ3v) is 1.71. The van der Waals surface area contributed by atoms with Crippen LogP contribution in [0.5, 0.6) is 0 Å². The Balaban J connectivity index is 2.71. The van der Waals surface area contributed by atoms with Gasteiger partial charge in [0.15, 0.2) is 0 Å². The molecule has 2 nitrogen and oxygen atoms in total. The van der Waals surface area contributed by atoms with E-state index in [4.69, 9.17) is 11.0 Å². The van der Waals surface area contributed by atoms with Crippen LogP contribution in [-0.4, -0.2) is 0 Å². The molecule has 0 bridgehead atoms. The summed E-state index contributed by atoms with van der Waals surface area (Å²) in [4.78, 5) is 0. The summed E-state index contributed by atoms with van der Waals surface area (Å²) in [5.74, 6) is 0.0619. The van der Waals surface area contributed by atoms with Crippen molar-refractivity contribution in [1.82, 2.24) is 0 Å². The number of hydrogen-bond donors (Lipinski definition) is 1. The molecular weight excluding hydrogens is 148 g/mol. The SMILES string of the molecule is CC(C#N)Cc1cccc(N)c1. The molecule has 0 heterocycles. The highest BCUT2D eigenvalue weighted by Gasteiger charge is 2.00. The maximum Gasteiger partial charge on any atom is 0.0656 e. The van der Waals surface area contributed by atoms with Crippen LogP contribution in [0.3, 0.4) is 0 Å². The highest BCUT2D eigenvalue weighted by atomic mass is 14.5. The van der Waals surface area contributed by atoms with Gasteiger partial charge in [0.05, 0.1) is 6.07 Å². The van der Waals surface area contributed by atoms with E-state index < -0.39 is 0 Å². The summed E-state index contributed by atoms with van der Waals surface area (Å²) >= 11 is 0. The van der Waals surface area contributed by atoms with Crippen molar-refractivity contribution in [2.75, 3.05) is 5.73 Å². The minimum atomic E-state index is 0.0619. The molecule has 0 aliphatic heterocycles. The average Bonchev–Trinajstić information content (AvgIpc) is 2.04. The van der Waals surface area contributed by atoms with Crippen molar-refractivity contribution in [2.45, 2.75) is 13.3 Å². The Morgan fingerprint density at radius 1 is 1.58 bits per heavy atom. The lowest BCUT2D eigenvalue weighted by Gasteiger charge is -2.02.